The van der Waals surface area contributed by atoms with Crippen molar-refractivity contribution in [2.24, 2.45) is 0 Å². The second-order valence-corrected chi connectivity index (χ2v) is 28.0. The van der Waals surface area contributed by atoms with Gasteiger partial charge in [-0.3, -0.25) is 33.7 Å². The molecule has 0 bridgehead atoms. The van der Waals surface area contributed by atoms with E-state index in [2.05, 4.69) is 58.4 Å². The van der Waals surface area contributed by atoms with Crippen molar-refractivity contribution < 1.29 is 33.4 Å². The Morgan fingerprint density at radius 3 is 2.46 bits per heavy atom. The topological polar surface area (TPSA) is 161 Å². The summed E-state index contributed by atoms with van der Waals surface area (Å²) in [5.41, 5.74) is 5.59. The van der Waals surface area contributed by atoms with Gasteiger partial charge in [-0.2, -0.15) is 5.10 Å². The monoisotopic (exact) mass is 995 g/mol. The number of fused-ring (bicyclic) bond motifs is 3. The zero-order valence-electron chi connectivity index (χ0n) is 43.1. The molecule has 0 radical (unpaired) electrons. The molecule has 1 aliphatic carbocycles. The van der Waals surface area contributed by atoms with Crippen LogP contribution in [0.5, 0.6) is 0 Å². The minimum absolute atomic E-state index is 0.0685. The van der Waals surface area contributed by atoms with E-state index in [-0.39, 0.29) is 49.4 Å². The number of imide groups is 1. The number of carbonyl (C=O) groups is 5. The molecule has 3 fully saturated rings. The molecular weight excluding hydrogens is 925 g/mol. The van der Waals surface area contributed by atoms with E-state index in [0.717, 1.165) is 122 Å². The molecule has 2 aromatic carbocycles. The third-order valence-electron chi connectivity index (χ3n) is 14.4. The molecule has 9 rings (SSSR count). The summed E-state index contributed by atoms with van der Waals surface area (Å²) in [7, 11) is 0.747. The lowest BCUT2D eigenvalue weighted by molar-refractivity contribution is -0.158. The smallest absolute Gasteiger partial charge is 0.419 e. The van der Waals surface area contributed by atoms with Gasteiger partial charge >= 0.3 is 6.09 Å². The van der Waals surface area contributed by atoms with Crippen LogP contribution in [-0.4, -0.2) is 110 Å². The summed E-state index contributed by atoms with van der Waals surface area (Å²) in [6.07, 6.45) is 11.7. The third-order valence-corrected chi connectivity index (χ3v) is 16.1. The maximum absolute atomic E-state index is 13.9. The van der Waals surface area contributed by atoms with E-state index in [1.54, 1.807) is 27.8 Å². The van der Waals surface area contributed by atoms with Gasteiger partial charge in [-0.1, -0.05) is 62.9 Å². The van der Waals surface area contributed by atoms with Crippen molar-refractivity contribution in [1.29, 1.82) is 0 Å². The molecule has 3 aromatic heterocycles. The van der Waals surface area contributed by atoms with E-state index >= 15 is 0 Å². The van der Waals surface area contributed by atoms with Gasteiger partial charge in [0, 0.05) is 91.9 Å². The van der Waals surface area contributed by atoms with Crippen molar-refractivity contribution in [3.63, 3.8) is 0 Å². The van der Waals surface area contributed by atoms with Crippen LogP contribution in [0.1, 0.15) is 153 Å². The van der Waals surface area contributed by atoms with Crippen LogP contribution in [0.15, 0.2) is 54.7 Å². The standard InChI is InChI=1S/C56H70N8O7Si/c1-56(2,3)71-55(69)64-46-33-49(57-34-40(46)32-48(64)44-20-16-27-60(44)4)58-52(66)39-23-24-42-47(31-39)63(59-51(42)38-21-22-38)28-14-12-10-8-9-11-13-17-37-18-15-19-41-43(37)35-61(53(41)67)45-25-26-50(65)62(54(45)68)36-70-29-30-72(5,6)7/h15,18-19,23-24,31-34,38,44-45H,8-12,14,16,20-22,25-30,35-36H2,1-7H3,(H,57,58,66)/t44-,45?/m1/s1. The maximum atomic E-state index is 13.9. The molecule has 2 saturated heterocycles. The van der Waals surface area contributed by atoms with E-state index in [0.29, 0.717) is 41.4 Å². The van der Waals surface area contributed by atoms with Gasteiger partial charge < -0.3 is 19.7 Å². The summed E-state index contributed by atoms with van der Waals surface area (Å²) in [6, 6.07) is 15.5. The second kappa shape index (κ2) is 21.1. The van der Waals surface area contributed by atoms with E-state index in [1.165, 1.54) is 4.90 Å². The number of carbonyl (C=O) groups excluding carboxylic acids is 5. The predicted molar refractivity (Wildman–Crippen MR) is 280 cm³/mol. The van der Waals surface area contributed by atoms with Crippen molar-refractivity contribution in [3.05, 3.63) is 88.4 Å². The van der Waals surface area contributed by atoms with Crippen molar-refractivity contribution in [3.8, 4) is 11.8 Å². The Balaban J connectivity index is 0.781. The number of aryl methyl sites for hydroxylation is 1. The van der Waals surface area contributed by atoms with Crippen LogP contribution in [0, 0.1) is 11.8 Å². The van der Waals surface area contributed by atoms with Gasteiger partial charge in [0.25, 0.3) is 17.7 Å². The molecule has 72 heavy (non-hydrogen) atoms. The number of piperidine rings is 1. The minimum atomic E-state index is -1.33. The van der Waals surface area contributed by atoms with Crippen molar-refractivity contribution in [2.75, 3.05) is 32.2 Å². The fraction of sp³-hybridized carbons (Fsp3) is 0.518. The molecule has 4 aliphatic rings. The Morgan fingerprint density at radius 2 is 1.71 bits per heavy atom. The molecule has 4 amide bonds. The van der Waals surface area contributed by atoms with Crippen LogP contribution in [0.3, 0.4) is 0 Å². The number of likely N-dealkylation sites (tertiary alicyclic amines) is 2. The molecule has 0 spiro atoms. The van der Waals surface area contributed by atoms with Gasteiger partial charge in [-0.05, 0) is 121 Å². The highest BCUT2D eigenvalue weighted by Gasteiger charge is 2.43. The molecular formula is C56H70N8O7Si. The molecule has 3 aliphatic heterocycles. The van der Waals surface area contributed by atoms with Gasteiger partial charge in [-0.25, -0.2) is 14.3 Å². The third kappa shape index (κ3) is 11.4. The van der Waals surface area contributed by atoms with Gasteiger partial charge in [-0.15, -0.1) is 0 Å². The normalized spacial score (nSPS) is 18.6. The molecule has 16 heteroatoms. The first kappa shape index (κ1) is 50.8. The second-order valence-electron chi connectivity index (χ2n) is 22.4. The summed E-state index contributed by atoms with van der Waals surface area (Å²) >= 11 is 0. The first-order valence-corrected chi connectivity index (χ1v) is 29.8. The number of nitrogens with one attached hydrogen (secondary N) is 1. The Labute approximate surface area is 424 Å². The highest BCUT2D eigenvalue weighted by atomic mass is 28.3. The van der Waals surface area contributed by atoms with Crippen LogP contribution < -0.4 is 5.32 Å². The number of hydrogen-bond acceptors (Lipinski definition) is 10. The summed E-state index contributed by atoms with van der Waals surface area (Å²) in [6.45, 7) is 14.7. The average Bonchev–Trinajstić information content (AvgIpc) is 3.62. The molecule has 1 unspecified atom stereocenters. The number of anilines is 1. The Morgan fingerprint density at radius 1 is 0.917 bits per heavy atom. The number of nitrogens with zero attached hydrogens (tertiary/aromatic N) is 7. The van der Waals surface area contributed by atoms with E-state index in [4.69, 9.17) is 14.6 Å². The minimum Gasteiger partial charge on any atom is -0.443 e. The van der Waals surface area contributed by atoms with Crippen molar-refractivity contribution >= 4 is 65.4 Å². The fourth-order valence-electron chi connectivity index (χ4n) is 10.3. The highest BCUT2D eigenvalue weighted by molar-refractivity contribution is 6.76. The number of pyridine rings is 1. The van der Waals surface area contributed by atoms with Crippen LogP contribution in [0.2, 0.25) is 25.7 Å². The number of hydrogen-bond donors (Lipinski definition) is 1. The zero-order valence-corrected chi connectivity index (χ0v) is 44.1. The van der Waals surface area contributed by atoms with Crippen LogP contribution in [0.4, 0.5) is 10.6 Å². The highest BCUT2D eigenvalue weighted by Crippen LogP contribution is 2.43. The van der Waals surface area contributed by atoms with E-state index in [1.807, 2.05) is 57.2 Å². The predicted octanol–water partition coefficient (Wildman–Crippen LogP) is 10.2. The summed E-state index contributed by atoms with van der Waals surface area (Å²) in [4.78, 5) is 77.2. The number of amides is 4. The number of aromatic nitrogens is 4. The fourth-order valence-corrected chi connectivity index (χ4v) is 11.0. The van der Waals surface area contributed by atoms with E-state index in [9.17, 15) is 24.0 Å². The van der Waals surface area contributed by atoms with Crippen LogP contribution in [-0.2, 0) is 32.2 Å². The zero-order chi connectivity index (χ0) is 50.9. The van der Waals surface area contributed by atoms with Crippen molar-refractivity contribution in [2.45, 2.75) is 160 Å². The molecule has 2 atom stereocenters. The first-order valence-electron chi connectivity index (χ1n) is 26.0. The number of benzene rings is 2. The SMILES string of the molecule is CN1CCC[C@@H]1c1cc2cnc(NC(=O)c3ccc4c(C5CC5)nn(CCCCCCCC#Cc5cccc6c5CN(C5CCC(=O)N(COCC[Si](C)(C)C)C5=O)C6=O)c4c3)cc2n1C(=O)OC(C)(C)C. The van der Waals surface area contributed by atoms with Crippen molar-refractivity contribution in [1.82, 2.24) is 34.0 Å². The lowest BCUT2D eigenvalue weighted by Crippen LogP contribution is -2.55. The maximum Gasteiger partial charge on any atom is 0.419 e. The summed E-state index contributed by atoms with van der Waals surface area (Å²) in [5, 5.41) is 9.98. The lowest BCUT2D eigenvalue weighted by atomic mass is 10.0. The quantitative estimate of drug-likeness (QED) is 0.0411. The molecule has 380 valence electrons. The van der Waals surface area contributed by atoms with Crippen LogP contribution >= 0.6 is 0 Å². The number of ether oxygens (including phenoxy) is 2. The molecule has 1 saturated carbocycles. The average molecular weight is 995 g/mol. The Hall–Kier alpha value is -6.15. The lowest BCUT2D eigenvalue weighted by Gasteiger charge is -2.35. The van der Waals surface area contributed by atoms with Gasteiger partial charge in [0.2, 0.25) is 5.91 Å². The summed E-state index contributed by atoms with van der Waals surface area (Å²) in [5.74, 6) is 6.34. The van der Waals surface area contributed by atoms with Gasteiger partial charge in [0.05, 0.1) is 22.8 Å². The molecule has 5 aromatic rings. The van der Waals surface area contributed by atoms with Crippen LogP contribution in [0.25, 0.3) is 21.8 Å². The Bertz CT molecular complexity index is 2970. The largest absolute Gasteiger partial charge is 0.443 e. The molecule has 6 heterocycles. The first-order chi connectivity index (χ1) is 34.4. The summed E-state index contributed by atoms with van der Waals surface area (Å²) < 4.78 is 15.4. The van der Waals surface area contributed by atoms with E-state index < -0.39 is 25.8 Å². The van der Waals surface area contributed by atoms with Gasteiger partial charge in [0.1, 0.15) is 24.2 Å². The Kier molecular flexibility index (Phi) is 14.9. The molecule has 15 nitrogen and oxygen atoms in total. The number of rotatable bonds is 17. The molecule has 1 N–H and O–H groups in total. The number of unbranched alkanes of at least 4 members (excludes halogenated alkanes) is 5. The van der Waals surface area contributed by atoms with Gasteiger partial charge in [0.15, 0.2) is 0 Å².